The highest BCUT2D eigenvalue weighted by Gasteiger charge is 2.29. The molecule has 1 aromatic rings. The number of hydrogen-bond acceptors (Lipinski definition) is 1. The van der Waals surface area contributed by atoms with Gasteiger partial charge in [-0.25, -0.2) is 0 Å². The minimum atomic E-state index is -0.458. The van der Waals surface area contributed by atoms with Crippen molar-refractivity contribution in [2.45, 2.75) is 52.4 Å². The Morgan fingerprint density at radius 1 is 1.17 bits per heavy atom. The molecule has 0 aliphatic rings. The topological polar surface area (TPSA) is 29.1 Å². The van der Waals surface area contributed by atoms with Crippen LogP contribution in [0, 0.1) is 6.92 Å². The molecule has 1 aromatic carbocycles. The second kappa shape index (κ2) is 6.58. The molecule has 0 fully saturated rings. The normalized spacial score (nSPS) is 11.3. The second-order valence-corrected chi connectivity index (χ2v) is 5.45. The minimum absolute atomic E-state index is 0.113. The number of carbonyl (C=O) groups excluding carboxylic acids is 1. The number of nitrogens with one attached hydrogen (secondary N) is 1. The molecule has 18 heavy (non-hydrogen) atoms. The molecule has 0 bridgehead atoms. The monoisotopic (exact) mass is 247 g/mol. The number of hydrogen-bond donors (Lipinski definition) is 1. The number of aryl methyl sites for hydroxylation is 1. The first kappa shape index (κ1) is 14.7. The van der Waals surface area contributed by atoms with Crippen LogP contribution in [0.15, 0.2) is 24.3 Å². The van der Waals surface area contributed by atoms with Crippen molar-refractivity contribution in [3.05, 3.63) is 35.4 Å². The maximum absolute atomic E-state index is 12.2. The van der Waals surface area contributed by atoms with Crippen LogP contribution in [0.1, 0.15) is 51.2 Å². The molecule has 0 saturated heterocycles. The highest BCUT2D eigenvalue weighted by molar-refractivity contribution is 5.87. The van der Waals surface area contributed by atoms with Gasteiger partial charge in [0.1, 0.15) is 0 Å². The SMILES string of the molecule is CCCCCNC(=O)C(C)(C)c1ccc(C)cc1. The van der Waals surface area contributed by atoms with Crippen LogP contribution in [0.4, 0.5) is 0 Å². The summed E-state index contributed by atoms with van der Waals surface area (Å²) >= 11 is 0. The maximum atomic E-state index is 12.2. The van der Waals surface area contributed by atoms with Crippen molar-refractivity contribution in [3.63, 3.8) is 0 Å². The Bertz CT molecular complexity index is 379. The summed E-state index contributed by atoms with van der Waals surface area (Å²) in [5.74, 6) is 0.113. The Morgan fingerprint density at radius 3 is 2.33 bits per heavy atom. The average Bonchev–Trinajstić information content (AvgIpc) is 2.35. The first-order valence-corrected chi connectivity index (χ1v) is 6.84. The molecule has 2 nitrogen and oxygen atoms in total. The van der Waals surface area contributed by atoms with E-state index in [0.717, 1.165) is 18.5 Å². The summed E-state index contributed by atoms with van der Waals surface area (Å²) in [6.45, 7) is 8.96. The van der Waals surface area contributed by atoms with E-state index >= 15 is 0 Å². The zero-order valence-corrected chi connectivity index (χ0v) is 12.0. The van der Waals surface area contributed by atoms with E-state index in [9.17, 15) is 4.79 Å². The predicted octanol–water partition coefficient (Wildman–Crippen LogP) is 3.58. The molecule has 1 N–H and O–H groups in total. The fraction of sp³-hybridized carbons (Fsp3) is 0.562. The van der Waals surface area contributed by atoms with Gasteiger partial charge in [-0.05, 0) is 32.8 Å². The van der Waals surface area contributed by atoms with Gasteiger partial charge in [0.2, 0.25) is 5.91 Å². The summed E-state index contributed by atoms with van der Waals surface area (Å²) < 4.78 is 0. The fourth-order valence-corrected chi connectivity index (χ4v) is 1.90. The summed E-state index contributed by atoms with van der Waals surface area (Å²) in [5, 5.41) is 3.03. The highest BCUT2D eigenvalue weighted by atomic mass is 16.2. The molecule has 1 amide bonds. The standard InChI is InChI=1S/C16H25NO/c1-5-6-7-12-17-15(18)16(3,4)14-10-8-13(2)9-11-14/h8-11H,5-7,12H2,1-4H3,(H,17,18). The van der Waals surface area contributed by atoms with Gasteiger partial charge >= 0.3 is 0 Å². The van der Waals surface area contributed by atoms with Gasteiger partial charge in [0.05, 0.1) is 5.41 Å². The molecule has 1 rings (SSSR count). The molecule has 100 valence electrons. The van der Waals surface area contributed by atoms with Crippen molar-refractivity contribution in [1.82, 2.24) is 5.32 Å². The molecule has 0 aliphatic carbocycles. The van der Waals surface area contributed by atoms with Crippen LogP contribution in [0.25, 0.3) is 0 Å². The van der Waals surface area contributed by atoms with Crippen LogP contribution < -0.4 is 5.32 Å². The van der Waals surface area contributed by atoms with Crippen LogP contribution in [-0.4, -0.2) is 12.5 Å². The van der Waals surface area contributed by atoms with E-state index in [2.05, 4.69) is 31.3 Å². The van der Waals surface area contributed by atoms with Crippen molar-refractivity contribution in [2.75, 3.05) is 6.54 Å². The van der Waals surface area contributed by atoms with Crippen LogP contribution in [0.2, 0.25) is 0 Å². The van der Waals surface area contributed by atoms with Crippen molar-refractivity contribution < 1.29 is 4.79 Å². The molecule has 2 heteroatoms. The number of benzene rings is 1. The lowest BCUT2D eigenvalue weighted by molar-refractivity contribution is -0.125. The van der Waals surface area contributed by atoms with E-state index in [1.165, 1.54) is 18.4 Å². The van der Waals surface area contributed by atoms with Crippen molar-refractivity contribution in [2.24, 2.45) is 0 Å². The third kappa shape index (κ3) is 3.86. The summed E-state index contributed by atoms with van der Waals surface area (Å²) in [5.41, 5.74) is 1.83. The summed E-state index contributed by atoms with van der Waals surface area (Å²) in [7, 11) is 0. The van der Waals surface area contributed by atoms with Gasteiger partial charge < -0.3 is 5.32 Å². The van der Waals surface area contributed by atoms with Gasteiger partial charge in [-0.2, -0.15) is 0 Å². The first-order chi connectivity index (χ1) is 8.48. The van der Waals surface area contributed by atoms with E-state index in [0.29, 0.717) is 0 Å². The Balaban J connectivity index is 2.61. The molecule has 0 heterocycles. The Kier molecular flexibility index (Phi) is 5.39. The molecule has 0 aromatic heterocycles. The molecule has 0 aliphatic heterocycles. The number of carbonyl (C=O) groups is 1. The number of rotatable bonds is 6. The van der Waals surface area contributed by atoms with Gasteiger partial charge in [0, 0.05) is 6.54 Å². The molecular formula is C16H25NO. The lowest BCUT2D eigenvalue weighted by atomic mass is 9.83. The van der Waals surface area contributed by atoms with Gasteiger partial charge in [-0.15, -0.1) is 0 Å². The van der Waals surface area contributed by atoms with E-state index in [1.54, 1.807) is 0 Å². The van der Waals surface area contributed by atoms with E-state index < -0.39 is 5.41 Å². The third-order valence-electron chi connectivity index (χ3n) is 3.41. The highest BCUT2D eigenvalue weighted by Crippen LogP contribution is 2.23. The van der Waals surface area contributed by atoms with Crippen molar-refractivity contribution in [1.29, 1.82) is 0 Å². The van der Waals surface area contributed by atoms with E-state index in [-0.39, 0.29) is 5.91 Å². The van der Waals surface area contributed by atoms with Crippen molar-refractivity contribution in [3.8, 4) is 0 Å². The average molecular weight is 247 g/mol. The zero-order chi connectivity index (χ0) is 13.6. The van der Waals surface area contributed by atoms with Crippen molar-refractivity contribution >= 4 is 5.91 Å². The van der Waals surface area contributed by atoms with Gasteiger partial charge in [0.25, 0.3) is 0 Å². The molecule has 0 unspecified atom stereocenters. The zero-order valence-electron chi connectivity index (χ0n) is 12.0. The van der Waals surface area contributed by atoms with E-state index in [1.807, 2.05) is 26.0 Å². The summed E-state index contributed by atoms with van der Waals surface area (Å²) in [6, 6.07) is 8.20. The smallest absolute Gasteiger partial charge is 0.230 e. The molecule has 0 radical (unpaired) electrons. The molecule has 0 saturated carbocycles. The Morgan fingerprint density at radius 2 is 1.78 bits per heavy atom. The molecule has 0 spiro atoms. The van der Waals surface area contributed by atoms with Crippen LogP contribution >= 0.6 is 0 Å². The van der Waals surface area contributed by atoms with Gasteiger partial charge in [-0.3, -0.25) is 4.79 Å². The second-order valence-electron chi connectivity index (χ2n) is 5.45. The van der Waals surface area contributed by atoms with Crippen LogP contribution in [0.5, 0.6) is 0 Å². The lowest BCUT2D eigenvalue weighted by Crippen LogP contribution is -2.40. The van der Waals surface area contributed by atoms with Gasteiger partial charge in [0.15, 0.2) is 0 Å². The van der Waals surface area contributed by atoms with E-state index in [4.69, 9.17) is 0 Å². The predicted molar refractivity (Wildman–Crippen MR) is 76.7 cm³/mol. The lowest BCUT2D eigenvalue weighted by Gasteiger charge is -2.24. The molecular weight excluding hydrogens is 222 g/mol. The Hall–Kier alpha value is -1.31. The largest absolute Gasteiger partial charge is 0.355 e. The number of amides is 1. The van der Waals surface area contributed by atoms with Crippen LogP contribution in [-0.2, 0) is 10.2 Å². The van der Waals surface area contributed by atoms with Crippen LogP contribution in [0.3, 0.4) is 0 Å². The first-order valence-electron chi connectivity index (χ1n) is 6.84. The fourth-order valence-electron chi connectivity index (χ4n) is 1.90. The molecule has 0 atom stereocenters. The number of unbranched alkanes of at least 4 members (excludes halogenated alkanes) is 2. The third-order valence-corrected chi connectivity index (χ3v) is 3.41. The Labute approximate surface area is 111 Å². The summed E-state index contributed by atoms with van der Waals surface area (Å²) in [4.78, 5) is 12.2. The maximum Gasteiger partial charge on any atom is 0.230 e. The minimum Gasteiger partial charge on any atom is -0.355 e. The van der Waals surface area contributed by atoms with Gasteiger partial charge in [-0.1, -0.05) is 49.6 Å². The summed E-state index contributed by atoms with van der Waals surface area (Å²) in [6.07, 6.45) is 3.41. The quantitative estimate of drug-likeness (QED) is 0.765.